The molecule has 0 bridgehead atoms. The van der Waals surface area contributed by atoms with Crippen molar-refractivity contribution in [2.45, 2.75) is 46.1 Å². The monoisotopic (exact) mass is 320 g/mol. The Labute approximate surface area is 137 Å². The number of Topliss-reactive ketones (excluding diaryl/α,β-unsaturated/α-hetero) is 1. The van der Waals surface area contributed by atoms with Crippen LogP contribution in [0.25, 0.3) is 0 Å². The molecule has 1 aromatic carbocycles. The van der Waals surface area contributed by atoms with Crippen molar-refractivity contribution in [1.82, 2.24) is 0 Å². The van der Waals surface area contributed by atoms with E-state index in [4.69, 9.17) is 17.3 Å². The minimum atomic E-state index is -0.00643. The van der Waals surface area contributed by atoms with Crippen LogP contribution in [-0.2, 0) is 4.79 Å². The third-order valence-electron chi connectivity index (χ3n) is 4.03. The summed E-state index contributed by atoms with van der Waals surface area (Å²) < 4.78 is 0. The topological polar surface area (TPSA) is 55.1 Å². The zero-order chi connectivity index (χ0) is 16.5. The van der Waals surface area contributed by atoms with E-state index in [1.807, 2.05) is 6.07 Å². The summed E-state index contributed by atoms with van der Waals surface area (Å²) in [5.74, 6) is 0.276. The number of ketones is 1. The van der Waals surface area contributed by atoms with Crippen molar-refractivity contribution in [3.05, 3.63) is 35.4 Å². The summed E-state index contributed by atoms with van der Waals surface area (Å²) in [6.07, 6.45) is 2.21. The van der Waals surface area contributed by atoms with Gasteiger partial charge < -0.3 is 11.1 Å². The fourth-order valence-corrected chi connectivity index (χ4v) is 3.15. The molecular formula is C18H25ClN2O. The smallest absolute Gasteiger partial charge is 0.142 e. The third-order valence-corrected chi connectivity index (χ3v) is 4.35. The van der Waals surface area contributed by atoms with Crippen LogP contribution in [0.2, 0.25) is 5.02 Å². The maximum atomic E-state index is 12.5. The van der Waals surface area contributed by atoms with Gasteiger partial charge >= 0.3 is 0 Å². The van der Waals surface area contributed by atoms with Crippen LogP contribution < -0.4 is 11.1 Å². The van der Waals surface area contributed by atoms with E-state index in [0.29, 0.717) is 17.1 Å². The Balaban J connectivity index is 2.03. The molecule has 3 N–H and O–H groups in total. The van der Waals surface area contributed by atoms with E-state index >= 15 is 0 Å². The first kappa shape index (κ1) is 16.9. The maximum absolute atomic E-state index is 12.5. The molecule has 2 rings (SSSR count). The van der Waals surface area contributed by atoms with Crippen LogP contribution in [0.15, 0.2) is 30.4 Å². The molecule has 22 heavy (non-hydrogen) atoms. The number of nitrogens with two attached hydrogens (primary N) is 1. The predicted octanol–water partition coefficient (Wildman–Crippen LogP) is 4.67. The number of benzene rings is 1. The van der Waals surface area contributed by atoms with Gasteiger partial charge in [0.05, 0.1) is 10.7 Å². The van der Waals surface area contributed by atoms with Crippen molar-refractivity contribution >= 4 is 28.8 Å². The van der Waals surface area contributed by atoms with Crippen molar-refractivity contribution in [2.75, 3.05) is 11.1 Å². The molecule has 0 spiro atoms. The van der Waals surface area contributed by atoms with Gasteiger partial charge in [-0.15, -0.1) is 0 Å². The summed E-state index contributed by atoms with van der Waals surface area (Å²) in [4.78, 5) is 12.5. The Hall–Kier alpha value is -1.48. The number of rotatable bonds is 3. The van der Waals surface area contributed by atoms with Crippen molar-refractivity contribution in [1.29, 1.82) is 0 Å². The van der Waals surface area contributed by atoms with Gasteiger partial charge in [-0.2, -0.15) is 0 Å². The van der Waals surface area contributed by atoms with Gasteiger partial charge in [-0.05, 0) is 36.5 Å². The zero-order valence-electron chi connectivity index (χ0n) is 13.6. The fraction of sp³-hybridized carbons (Fsp3) is 0.500. The summed E-state index contributed by atoms with van der Waals surface area (Å²) in [6, 6.07) is 5.53. The minimum absolute atomic E-state index is 0.00643. The standard InChI is InChI=1S/C18H25ClN2O/c1-11-7-13(9-17(22)14(11)10-18(2,3)4)21-12-5-6-16(20)15(19)8-12/h5-6,8,13-14,21H,1,7,9-10,20H2,2-4H3/t13-,14?/m1/s1. The van der Waals surface area contributed by atoms with Gasteiger partial charge in [0, 0.05) is 24.1 Å². The molecule has 0 heterocycles. The van der Waals surface area contributed by atoms with Crippen molar-refractivity contribution in [2.24, 2.45) is 11.3 Å². The molecule has 1 saturated carbocycles. The summed E-state index contributed by atoms with van der Waals surface area (Å²) in [6.45, 7) is 10.6. The molecule has 3 nitrogen and oxygen atoms in total. The first-order valence-electron chi connectivity index (χ1n) is 7.67. The van der Waals surface area contributed by atoms with E-state index in [-0.39, 0.29) is 23.2 Å². The molecule has 4 heteroatoms. The van der Waals surface area contributed by atoms with Gasteiger partial charge in [0.1, 0.15) is 5.78 Å². The van der Waals surface area contributed by atoms with Gasteiger partial charge in [0.2, 0.25) is 0 Å². The molecule has 1 unspecified atom stereocenters. The van der Waals surface area contributed by atoms with Crippen LogP contribution in [0.5, 0.6) is 0 Å². The SMILES string of the molecule is C=C1C[C@@H](Nc2ccc(N)c(Cl)c2)CC(=O)C1CC(C)(C)C. The molecule has 0 amide bonds. The fourth-order valence-electron chi connectivity index (χ4n) is 2.97. The number of carbonyl (C=O) groups is 1. The van der Waals surface area contributed by atoms with Gasteiger partial charge in [-0.25, -0.2) is 0 Å². The summed E-state index contributed by atoms with van der Waals surface area (Å²) in [5.41, 5.74) is 8.33. The van der Waals surface area contributed by atoms with Crippen molar-refractivity contribution in [3.63, 3.8) is 0 Å². The lowest BCUT2D eigenvalue weighted by atomic mass is 9.73. The molecule has 1 aromatic rings. The van der Waals surface area contributed by atoms with Crippen LogP contribution in [-0.4, -0.2) is 11.8 Å². The second kappa shape index (κ2) is 6.33. The van der Waals surface area contributed by atoms with Gasteiger partial charge in [-0.3, -0.25) is 4.79 Å². The van der Waals surface area contributed by atoms with Crippen molar-refractivity contribution in [3.8, 4) is 0 Å². The molecule has 1 aliphatic rings. The molecule has 120 valence electrons. The molecular weight excluding hydrogens is 296 g/mol. The molecule has 1 aliphatic carbocycles. The van der Waals surface area contributed by atoms with Crippen molar-refractivity contribution < 1.29 is 4.79 Å². The Morgan fingerprint density at radius 1 is 1.36 bits per heavy atom. The van der Waals surface area contributed by atoms with E-state index in [1.165, 1.54) is 0 Å². The average molecular weight is 321 g/mol. The van der Waals surface area contributed by atoms with Gasteiger partial charge in [0.15, 0.2) is 0 Å². The quantitative estimate of drug-likeness (QED) is 0.628. The Bertz CT molecular complexity index is 571. The molecule has 1 fully saturated rings. The Kier molecular flexibility index (Phi) is 4.86. The van der Waals surface area contributed by atoms with Crippen LogP contribution in [0.1, 0.15) is 40.0 Å². The van der Waals surface area contributed by atoms with E-state index in [2.05, 4.69) is 32.7 Å². The average Bonchev–Trinajstić information content (AvgIpc) is 2.37. The highest BCUT2D eigenvalue weighted by atomic mass is 35.5. The normalized spacial score (nSPS) is 22.7. The van der Waals surface area contributed by atoms with E-state index < -0.39 is 0 Å². The van der Waals surface area contributed by atoms with Crippen LogP contribution in [0.3, 0.4) is 0 Å². The highest BCUT2D eigenvalue weighted by Crippen LogP contribution is 2.36. The van der Waals surface area contributed by atoms with E-state index in [1.54, 1.807) is 12.1 Å². The molecule has 0 radical (unpaired) electrons. The number of nitrogen functional groups attached to an aromatic ring is 1. The summed E-state index contributed by atoms with van der Waals surface area (Å²) >= 11 is 6.04. The van der Waals surface area contributed by atoms with E-state index in [9.17, 15) is 4.79 Å². The predicted molar refractivity (Wildman–Crippen MR) is 94.2 cm³/mol. The molecule has 0 aromatic heterocycles. The summed E-state index contributed by atoms with van der Waals surface area (Å²) in [7, 11) is 0. The van der Waals surface area contributed by atoms with Gasteiger partial charge in [0.25, 0.3) is 0 Å². The number of anilines is 2. The zero-order valence-corrected chi connectivity index (χ0v) is 14.3. The highest BCUT2D eigenvalue weighted by Gasteiger charge is 2.33. The lowest BCUT2D eigenvalue weighted by Gasteiger charge is -2.34. The Morgan fingerprint density at radius 3 is 2.59 bits per heavy atom. The van der Waals surface area contributed by atoms with Crippen LogP contribution in [0.4, 0.5) is 11.4 Å². The number of carbonyl (C=O) groups excluding carboxylic acids is 1. The van der Waals surface area contributed by atoms with E-state index in [0.717, 1.165) is 24.1 Å². The maximum Gasteiger partial charge on any atom is 0.142 e. The highest BCUT2D eigenvalue weighted by molar-refractivity contribution is 6.33. The number of nitrogens with one attached hydrogen (secondary N) is 1. The second-order valence-corrected chi connectivity index (χ2v) is 7.83. The first-order chi connectivity index (χ1) is 10.2. The lowest BCUT2D eigenvalue weighted by molar-refractivity contribution is -0.123. The number of hydrogen-bond donors (Lipinski definition) is 2. The minimum Gasteiger partial charge on any atom is -0.398 e. The molecule has 0 saturated heterocycles. The summed E-state index contributed by atoms with van der Waals surface area (Å²) in [5, 5.41) is 3.90. The Morgan fingerprint density at radius 2 is 2.05 bits per heavy atom. The number of halogens is 1. The molecule has 2 atom stereocenters. The second-order valence-electron chi connectivity index (χ2n) is 7.43. The lowest BCUT2D eigenvalue weighted by Crippen LogP contribution is -2.36. The first-order valence-corrected chi connectivity index (χ1v) is 8.05. The van der Waals surface area contributed by atoms with Crippen LogP contribution in [0, 0.1) is 11.3 Å². The van der Waals surface area contributed by atoms with Gasteiger partial charge in [-0.1, -0.05) is 44.5 Å². The third kappa shape index (κ3) is 4.26. The van der Waals surface area contributed by atoms with Crippen LogP contribution >= 0.6 is 11.6 Å². The number of hydrogen-bond acceptors (Lipinski definition) is 3. The molecule has 0 aliphatic heterocycles. The largest absolute Gasteiger partial charge is 0.398 e.